The number of carbonyl (C=O) groups is 1. The molecule has 1 aromatic rings. The Labute approximate surface area is 110 Å². The summed E-state index contributed by atoms with van der Waals surface area (Å²) in [6.07, 6.45) is 8.97. The number of nitrogens with zero attached hydrogens (tertiary/aromatic N) is 1. The van der Waals surface area contributed by atoms with Crippen LogP contribution in [-0.4, -0.2) is 5.97 Å². The van der Waals surface area contributed by atoms with Crippen molar-refractivity contribution in [1.29, 1.82) is 0 Å². The van der Waals surface area contributed by atoms with E-state index in [0.717, 1.165) is 6.92 Å². The maximum atomic E-state index is 8.89. The number of carbonyl (C=O) groups excluding carboxylic acids is 1. The van der Waals surface area contributed by atoms with Crippen molar-refractivity contribution >= 4 is 5.97 Å². The number of hydrogen-bond donors (Lipinski definition) is 0. The van der Waals surface area contributed by atoms with E-state index in [4.69, 9.17) is 9.90 Å². The van der Waals surface area contributed by atoms with E-state index < -0.39 is 5.97 Å². The van der Waals surface area contributed by atoms with Crippen molar-refractivity contribution in [2.45, 2.75) is 59.4 Å². The maximum absolute atomic E-state index is 8.89. The van der Waals surface area contributed by atoms with Gasteiger partial charge in [-0.1, -0.05) is 32.3 Å². The van der Waals surface area contributed by atoms with Crippen molar-refractivity contribution in [1.82, 2.24) is 0 Å². The van der Waals surface area contributed by atoms with Crippen LogP contribution < -0.4 is 9.67 Å². The lowest BCUT2D eigenvalue weighted by molar-refractivity contribution is -0.703. The summed E-state index contributed by atoms with van der Waals surface area (Å²) < 4.78 is 2.34. The molecule has 0 unspecified atom stereocenters. The van der Waals surface area contributed by atoms with Crippen LogP contribution in [0.4, 0.5) is 0 Å². The minimum atomic E-state index is -1.08. The van der Waals surface area contributed by atoms with E-state index in [0.29, 0.717) is 0 Å². The summed E-state index contributed by atoms with van der Waals surface area (Å²) in [7, 11) is 0. The van der Waals surface area contributed by atoms with Gasteiger partial charge in [0.1, 0.15) is 6.54 Å². The Bertz CT molecular complexity index is 333. The van der Waals surface area contributed by atoms with Crippen LogP contribution in [0.1, 0.15) is 51.6 Å². The minimum Gasteiger partial charge on any atom is -0.550 e. The molecule has 1 rings (SSSR count). The number of aryl methyl sites for hydroxylation is 2. The second kappa shape index (κ2) is 10.8. The number of carboxylic acid groups (broad SMARTS) is 1. The van der Waals surface area contributed by atoms with E-state index in [1.165, 1.54) is 44.3 Å². The summed E-state index contributed by atoms with van der Waals surface area (Å²) >= 11 is 0. The van der Waals surface area contributed by atoms with Crippen LogP contribution in [0, 0.1) is 6.92 Å². The first-order chi connectivity index (χ1) is 8.57. The topological polar surface area (TPSA) is 44.0 Å². The van der Waals surface area contributed by atoms with Gasteiger partial charge in [-0.25, -0.2) is 4.57 Å². The first-order valence-electron chi connectivity index (χ1n) is 6.70. The number of aliphatic carboxylic acids is 1. The van der Waals surface area contributed by atoms with E-state index in [9.17, 15) is 0 Å². The van der Waals surface area contributed by atoms with Crippen molar-refractivity contribution in [3.8, 4) is 0 Å². The smallest absolute Gasteiger partial charge is 0.178 e. The molecule has 1 aromatic heterocycles. The van der Waals surface area contributed by atoms with Crippen molar-refractivity contribution < 1.29 is 14.5 Å². The highest BCUT2D eigenvalue weighted by Crippen LogP contribution is 2.02. The van der Waals surface area contributed by atoms with Crippen molar-refractivity contribution in [2.24, 2.45) is 0 Å². The normalized spacial score (nSPS) is 9.50. The average molecular weight is 251 g/mol. The van der Waals surface area contributed by atoms with Gasteiger partial charge in [-0.3, -0.25) is 0 Å². The SMILES string of the molecule is CC(=O)[O-].CCCCCCC[n+]1ccccc1C. The van der Waals surface area contributed by atoms with Crippen molar-refractivity contribution in [2.75, 3.05) is 0 Å². The van der Waals surface area contributed by atoms with Crippen LogP contribution in [0.25, 0.3) is 0 Å². The second-order valence-electron chi connectivity index (χ2n) is 4.44. The highest BCUT2D eigenvalue weighted by molar-refractivity contribution is 5.60. The number of rotatable bonds is 6. The summed E-state index contributed by atoms with van der Waals surface area (Å²) in [5.41, 5.74) is 1.36. The van der Waals surface area contributed by atoms with Gasteiger partial charge in [0, 0.05) is 31.4 Å². The Morgan fingerprint density at radius 2 is 1.83 bits per heavy atom. The fourth-order valence-corrected chi connectivity index (χ4v) is 1.70. The minimum absolute atomic E-state index is 0.972. The molecule has 0 aromatic carbocycles. The number of pyridine rings is 1. The zero-order valence-corrected chi connectivity index (χ0v) is 11.8. The molecule has 0 aliphatic rings. The molecule has 3 heteroatoms. The Morgan fingerprint density at radius 3 is 2.39 bits per heavy atom. The number of carboxylic acids is 1. The van der Waals surface area contributed by atoms with Crippen LogP contribution in [0.15, 0.2) is 24.4 Å². The van der Waals surface area contributed by atoms with Crippen LogP contribution >= 0.6 is 0 Å². The predicted molar refractivity (Wildman–Crippen MR) is 70.8 cm³/mol. The molecule has 0 spiro atoms. The van der Waals surface area contributed by atoms with Crippen LogP contribution in [0.2, 0.25) is 0 Å². The Morgan fingerprint density at radius 1 is 1.22 bits per heavy atom. The average Bonchev–Trinajstić information content (AvgIpc) is 2.30. The highest BCUT2D eigenvalue weighted by atomic mass is 16.4. The van der Waals surface area contributed by atoms with Gasteiger partial charge in [0.2, 0.25) is 0 Å². The lowest BCUT2D eigenvalue weighted by Gasteiger charge is -2.00. The van der Waals surface area contributed by atoms with Gasteiger partial charge < -0.3 is 9.90 Å². The van der Waals surface area contributed by atoms with Crippen molar-refractivity contribution in [3.63, 3.8) is 0 Å². The summed E-state index contributed by atoms with van der Waals surface area (Å²) in [6.45, 7) is 6.58. The van der Waals surface area contributed by atoms with Gasteiger partial charge in [-0.15, -0.1) is 0 Å². The fraction of sp³-hybridized carbons (Fsp3) is 0.600. The highest BCUT2D eigenvalue weighted by Gasteiger charge is 2.02. The molecular weight excluding hydrogens is 226 g/mol. The Balaban J connectivity index is 0.000000631. The molecule has 102 valence electrons. The molecule has 0 radical (unpaired) electrons. The van der Waals surface area contributed by atoms with E-state index >= 15 is 0 Å². The monoisotopic (exact) mass is 251 g/mol. The molecule has 0 N–H and O–H groups in total. The number of aromatic nitrogens is 1. The van der Waals surface area contributed by atoms with E-state index in [1.54, 1.807) is 0 Å². The lowest BCUT2D eigenvalue weighted by atomic mass is 10.1. The van der Waals surface area contributed by atoms with Gasteiger partial charge >= 0.3 is 0 Å². The first kappa shape index (κ1) is 16.6. The van der Waals surface area contributed by atoms with Gasteiger partial charge in [0.25, 0.3) is 0 Å². The molecule has 0 saturated carbocycles. The zero-order chi connectivity index (χ0) is 13.8. The quantitative estimate of drug-likeness (QED) is 0.573. The maximum Gasteiger partial charge on any atom is 0.178 e. The van der Waals surface area contributed by atoms with Gasteiger partial charge in [0.15, 0.2) is 11.9 Å². The standard InChI is InChI=1S/C13H22N.C2H4O2/c1-3-4-5-6-8-11-14-12-9-7-10-13(14)2;1-2(3)4/h7,9-10,12H,3-6,8,11H2,1-2H3;1H3,(H,3,4)/q+1;/p-1. The summed E-state index contributed by atoms with van der Waals surface area (Å²) in [5.74, 6) is -1.08. The molecule has 3 nitrogen and oxygen atoms in total. The van der Waals surface area contributed by atoms with E-state index in [2.05, 4.69) is 42.8 Å². The Hall–Kier alpha value is -1.38. The third-order valence-electron chi connectivity index (χ3n) is 2.67. The molecule has 0 amide bonds. The Kier molecular flexibility index (Phi) is 9.93. The van der Waals surface area contributed by atoms with E-state index in [-0.39, 0.29) is 0 Å². The fourth-order valence-electron chi connectivity index (χ4n) is 1.70. The van der Waals surface area contributed by atoms with E-state index in [1.807, 2.05) is 0 Å². The predicted octanol–water partition coefficient (Wildman–Crippen LogP) is 2.01. The summed E-state index contributed by atoms with van der Waals surface area (Å²) in [4.78, 5) is 8.89. The molecule has 0 aliphatic heterocycles. The molecule has 0 bridgehead atoms. The molecule has 0 atom stereocenters. The molecular formula is C15H25NO2. The summed E-state index contributed by atoms with van der Waals surface area (Å²) in [5, 5.41) is 8.89. The molecule has 0 fully saturated rings. The number of unbranched alkanes of at least 4 members (excludes halogenated alkanes) is 4. The summed E-state index contributed by atoms with van der Waals surface area (Å²) in [6, 6.07) is 6.38. The van der Waals surface area contributed by atoms with Gasteiger partial charge in [0.05, 0.1) is 0 Å². The van der Waals surface area contributed by atoms with Gasteiger partial charge in [-0.05, 0) is 13.3 Å². The lowest BCUT2D eigenvalue weighted by Crippen LogP contribution is -2.36. The van der Waals surface area contributed by atoms with Crippen LogP contribution in [0.3, 0.4) is 0 Å². The third-order valence-corrected chi connectivity index (χ3v) is 2.67. The van der Waals surface area contributed by atoms with Crippen LogP contribution in [-0.2, 0) is 11.3 Å². The zero-order valence-electron chi connectivity index (χ0n) is 11.8. The molecule has 18 heavy (non-hydrogen) atoms. The van der Waals surface area contributed by atoms with Crippen LogP contribution in [0.5, 0.6) is 0 Å². The first-order valence-corrected chi connectivity index (χ1v) is 6.70. The van der Waals surface area contributed by atoms with Gasteiger partial charge in [-0.2, -0.15) is 0 Å². The second-order valence-corrected chi connectivity index (χ2v) is 4.44. The molecule has 0 aliphatic carbocycles. The molecule has 1 heterocycles. The largest absolute Gasteiger partial charge is 0.550 e. The molecule has 0 saturated heterocycles. The van der Waals surface area contributed by atoms with Crippen molar-refractivity contribution in [3.05, 3.63) is 30.1 Å². The third kappa shape index (κ3) is 9.82. The number of hydrogen-bond acceptors (Lipinski definition) is 2.